The summed E-state index contributed by atoms with van der Waals surface area (Å²) in [6.45, 7) is 0. The lowest BCUT2D eigenvalue weighted by Crippen LogP contribution is -2.00. The van der Waals surface area contributed by atoms with E-state index in [0.29, 0.717) is 33.9 Å². The van der Waals surface area contributed by atoms with Gasteiger partial charge in [-0.2, -0.15) is 0 Å². The number of hydrogen-bond acceptors (Lipinski definition) is 7. The lowest BCUT2D eigenvalue weighted by molar-refractivity contribution is 0.414. The first kappa shape index (κ1) is 20.0. The number of aromatic nitrogens is 4. The number of nitrogen functional groups attached to an aromatic ring is 1. The van der Waals surface area contributed by atoms with Crippen LogP contribution in [0.2, 0.25) is 0 Å². The van der Waals surface area contributed by atoms with Crippen molar-refractivity contribution in [1.29, 1.82) is 0 Å². The van der Waals surface area contributed by atoms with Gasteiger partial charge in [-0.05, 0) is 40.9 Å². The molecule has 0 saturated carbocycles. The molecule has 8 nitrogen and oxygen atoms in total. The molecule has 31 heavy (non-hydrogen) atoms. The summed E-state index contributed by atoms with van der Waals surface area (Å²) in [6.07, 6.45) is 0. The van der Waals surface area contributed by atoms with E-state index in [2.05, 4.69) is 32.0 Å². The second kappa shape index (κ2) is 8.20. The molecule has 0 bridgehead atoms. The van der Waals surface area contributed by atoms with Crippen LogP contribution in [0, 0.1) is 22.6 Å². The Labute approximate surface area is 176 Å². The van der Waals surface area contributed by atoms with E-state index >= 15 is 0 Å². The summed E-state index contributed by atoms with van der Waals surface area (Å²) in [6, 6.07) is 12.1. The van der Waals surface area contributed by atoms with E-state index in [1.807, 2.05) is 0 Å². The van der Waals surface area contributed by atoms with Crippen molar-refractivity contribution in [2.45, 2.75) is 6.04 Å². The van der Waals surface area contributed by atoms with E-state index in [0.717, 1.165) is 0 Å². The zero-order valence-corrected chi connectivity index (χ0v) is 16.7. The number of halogens is 1. The van der Waals surface area contributed by atoms with Crippen molar-refractivity contribution >= 4 is 17.0 Å². The Hall–Kier alpha value is -4.32. The van der Waals surface area contributed by atoms with Gasteiger partial charge in [0.1, 0.15) is 17.4 Å². The maximum absolute atomic E-state index is 13.6. The van der Waals surface area contributed by atoms with Gasteiger partial charge in [-0.15, -0.1) is 4.91 Å². The van der Waals surface area contributed by atoms with Crippen LogP contribution in [0.25, 0.3) is 22.6 Å². The molecule has 0 radical (unpaired) electrons. The summed E-state index contributed by atoms with van der Waals surface area (Å²) < 4.78 is 20.5. The van der Waals surface area contributed by atoms with Gasteiger partial charge >= 0.3 is 0 Å². The molecule has 0 fully saturated rings. The Balaban J connectivity index is 1.74. The summed E-state index contributed by atoms with van der Waals surface area (Å²) in [5.74, 6) is 6.49. The standard InChI is InChI=1S/C22H17FN6O2/c1-29-21(14-6-3-7-15(23)11-14)27-19-20(24)25-18(26-22(19)29)10-9-17(28-30)13-5-4-8-16(12-13)31-2/h3-8,11-12,17H,1-2H3,(H2,24,25,26). The maximum atomic E-state index is 13.6. The van der Waals surface area contributed by atoms with Crippen molar-refractivity contribution in [2.75, 3.05) is 12.8 Å². The Morgan fingerprint density at radius 1 is 1.16 bits per heavy atom. The number of rotatable bonds is 4. The predicted molar refractivity (Wildman–Crippen MR) is 115 cm³/mol. The van der Waals surface area contributed by atoms with Crippen LogP contribution in [-0.2, 0) is 7.05 Å². The van der Waals surface area contributed by atoms with E-state index in [4.69, 9.17) is 10.5 Å². The van der Waals surface area contributed by atoms with Crippen molar-refractivity contribution < 1.29 is 9.13 Å². The van der Waals surface area contributed by atoms with Crippen LogP contribution in [0.15, 0.2) is 53.7 Å². The van der Waals surface area contributed by atoms with Crippen molar-refractivity contribution in [3.63, 3.8) is 0 Å². The highest BCUT2D eigenvalue weighted by Crippen LogP contribution is 2.26. The molecule has 154 valence electrons. The second-order valence-electron chi connectivity index (χ2n) is 6.66. The molecular weight excluding hydrogens is 399 g/mol. The molecule has 2 heterocycles. The molecule has 2 N–H and O–H groups in total. The smallest absolute Gasteiger partial charge is 0.209 e. The first-order valence-electron chi connectivity index (χ1n) is 9.24. The molecule has 0 aliphatic rings. The number of methoxy groups -OCH3 is 1. The Morgan fingerprint density at radius 2 is 1.97 bits per heavy atom. The van der Waals surface area contributed by atoms with Crippen LogP contribution in [0.5, 0.6) is 5.75 Å². The monoisotopic (exact) mass is 416 g/mol. The summed E-state index contributed by atoms with van der Waals surface area (Å²) in [7, 11) is 3.28. The van der Waals surface area contributed by atoms with Gasteiger partial charge in [0.2, 0.25) is 5.82 Å². The first-order valence-corrected chi connectivity index (χ1v) is 9.24. The van der Waals surface area contributed by atoms with E-state index < -0.39 is 6.04 Å². The molecule has 0 spiro atoms. The zero-order valence-electron chi connectivity index (χ0n) is 16.7. The fourth-order valence-corrected chi connectivity index (χ4v) is 3.14. The third-order valence-electron chi connectivity index (χ3n) is 4.66. The zero-order chi connectivity index (χ0) is 22.0. The molecule has 4 rings (SSSR count). The maximum Gasteiger partial charge on any atom is 0.209 e. The van der Waals surface area contributed by atoms with Gasteiger partial charge in [0.25, 0.3) is 0 Å². The van der Waals surface area contributed by atoms with Crippen molar-refractivity contribution in [2.24, 2.45) is 12.2 Å². The third kappa shape index (κ3) is 3.91. The van der Waals surface area contributed by atoms with Crippen molar-refractivity contribution in [3.8, 4) is 29.0 Å². The molecule has 0 amide bonds. The number of fused-ring (bicyclic) bond motifs is 1. The lowest BCUT2D eigenvalue weighted by atomic mass is 10.1. The lowest BCUT2D eigenvalue weighted by Gasteiger charge is -2.05. The Morgan fingerprint density at radius 3 is 2.71 bits per heavy atom. The molecule has 0 aliphatic carbocycles. The summed E-state index contributed by atoms with van der Waals surface area (Å²) in [4.78, 5) is 24.4. The average Bonchev–Trinajstić information content (AvgIpc) is 3.11. The summed E-state index contributed by atoms with van der Waals surface area (Å²) >= 11 is 0. The Kier molecular flexibility index (Phi) is 5.28. The minimum atomic E-state index is -0.926. The Bertz CT molecular complexity index is 1360. The fraction of sp³-hybridized carbons (Fsp3) is 0.136. The largest absolute Gasteiger partial charge is 0.497 e. The SMILES string of the molecule is COc1cccc(C(C#Cc2nc(N)c3nc(-c4cccc(F)c4)n(C)c3n2)N=O)c1. The number of anilines is 1. The number of aryl methyl sites for hydroxylation is 1. The molecule has 4 aromatic rings. The van der Waals surface area contributed by atoms with Crippen LogP contribution >= 0.6 is 0 Å². The fourth-order valence-electron chi connectivity index (χ4n) is 3.14. The molecular formula is C22H17FN6O2. The van der Waals surface area contributed by atoms with Crippen LogP contribution < -0.4 is 10.5 Å². The number of nitroso groups, excluding NO2 is 1. The molecule has 2 aromatic heterocycles. The minimum absolute atomic E-state index is 0.121. The first-order chi connectivity index (χ1) is 15.0. The minimum Gasteiger partial charge on any atom is -0.497 e. The number of imidazole rings is 1. The number of nitrogens with zero attached hydrogens (tertiary/aromatic N) is 5. The third-order valence-corrected chi connectivity index (χ3v) is 4.66. The summed E-state index contributed by atoms with van der Waals surface area (Å²) in [5, 5.41) is 3.08. The highest BCUT2D eigenvalue weighted by atomic mass is 19.1. The molecule has 2 aromatic carbocycles. The van der Waals surface area contributed by atoms with Crippen molar-refractivity contribution in [1.82, 2.24) is 19.5 Å². The van der Waals surface area contributed by atoms with Crippen LogP contribution in [0.3, 0.4) is 0 Å². The van der Waals surface area contributed by atoms with Gasteiger partial charge in [-0.1, -0.05) is 30.2 Å². The average molecular weight is 416 g/mol. The van der Waals surface area contributed by atoms with Gasteiger partial charge in [0.15, 0.2) is 23.0 Å². The van der Waals surface area contributed by atoms with Gasteiger partial charge < -0.3 is 15.0 Å². The van der Waals surface area contributed by atoms with Crippen LogP contribution in [0.4, 0.5) is 10.2 Å². The highest BCUT2D eigenvalue weighted by Gasteiger charge is 2.16. The van der Waals surface area contributed by atoms with Gasteiger partial charge in [-0.25, -0.2) is 19.3 Å². The molecule has 1 atom stereocenters. The van der Waals surface area contributed by atoms with E-state index in [1.54, 1.807) is 48.0 Å². The van der Waals surface area contributed by atoms with Crippen molar-refractivity contribution in [3.05, 3.63) is 70.6 Å². The number of benzene rings is 2. The van der Waals surface area contributed by atoms with E-state index in [1.165, 1.54) is 19.2 Å². The molecule has 9 heteroatoms. The second-order valence-corrected chi connectivity index (χ2v) is 6.66. The quantitative estimate of drug-likeness (QED) is 0.402. The normalized spacial score (nSPS) is 11.6. The predicted octanol–water partition coefficient (Wildman–Crippen LogP) is 3.62. The van der Waals surface area contributed by atoms with E-state index in [9.17, 15) is 9.30 Å². The topological polar surface area (TPSA) is 108 Å². The number of hydrogen-bond donors (Lipinski definition) is 1. The number of nitrogens with two attached hydrogens (primary N) is 1. The van der Waals surface area contributed by atoms with Crippen LogP contribution in [-0.4, -0.2) is 26.6 Å². The number of ether oxygens (including phenoxy) is 1. The van der Waals surface area contributed by atoms with E-state index in [-0.39, 0.29) is 17.5 Å². The van der Waals surface area contributed by atoms with Gasteiger partial charge in [-0.3, -0.25) is 0 Å². The van der Waals surface area contributed by atoms with Crippen LogP contribution in [0.1, 0.15) is 17.4 Å². The highest BCUT2D eigenvalue weighted by molar-refractivity contribution is 5.85. The summed E-state index contributed by atoms with van der Waals surface area (Å²) in [5.41, 5.74) is 8.05. The van der Waals surface area contributed by atoms with Gasteiger partial charge in [0.05, 0.1) is 7.11 Å². The molecule has 0 aliphatic heterocycles. The molecule has 0 saturated heterocycles. The van der Waals surface area contributed by atoms with Gasteiger partial charge in [0, 0.05) is 12.6 Å². The molecule has 1 unspecified atom stereocenters.